The molecule has 2 N–H and O–H groups in total. The Balaban J connectivity index is 2.24. The molecule has 6 nitrogen and oxygen atoms in total. The molecule has 1 heterocycles. The van der Waals surface area contributed by atoms with Gasteiger partial charge in [-0.15, -0.1) is 0 Å². The van der Waals surface area contributed by atoms with E-state index in [-0.39, 0.29) is 18.4 Å². The Morgan fingerprint density at radius 1 is 1.22 bits per heavy atom. The van der Waals surface area contributed by atoms with Crippen molar-refractivity contribution in [3.63, 3.8) is 0 Å². The average molecular weight is 317 g/mol. The van der Waals surface area contributed by atoms with Crippen LogP contribution in [0.15, 0.2) is 30.3 Å². The minimum Gasteiger partial charge on any atom is -0.350 e. The molecular weight excluding hydrogens is 294 g/mol. The van der Waals surface area contributed by atoms with Gasteiger partial charge in [0.05, 0.1) is 0 Å². The molecule has 0 bridgehead atoms. The molecule has 4 amide bonds. The van der Waals surface area contributed by atoms with E-state index in [0.717, 1.165) is 10.5 Å². The Kier molecular flexibility index (Phi) is 4.45. The highest BCUT2D eigenvalue weighted by Gasteiger charge is 2.51. The van der Waals surface area contributed by atoms with Crippen LogP contribution in [-0.2, 0) is 15.1 Å². The first kappa shape index (κ1) is 17.0. The lowest BCUT2D eigenvalue weighted by molar-refractivity contribution is -0.135. The van der Waals surface area contributed by atoms with Crippen LogP contribution in [0.3, 0.4) is 0 Å². The Morgan fingerprint density at radius 2 is 1.83 bits per heavy atom. The van der Waals surface area contributed by atoms with Gasteiger partial charge in [0.25, 0.3) is 5.91 Å². The number of carbonyl (C=O) groups excluding carboxylic acids is 3. The molecule has 6 heteroatoms. The number of hydrogen-bond acceptors (Lipinski definition) is 3. The molecule has 1 atom stereocenters. The summed E-state index contributed by atoms with van der Waals surface area (Å²) >= 11 is 0. The van der Waals surface area contributed by atoms with Crippen molar-refractivity contribution in [3.8, 4) is 0 Å². The summed E-state index contributed by atoms with van der Waals surface area (Å²) < 4.78 is 0. The van der Waals surface area contributed by atoms with Crippen molar-refractivity contribution in [1.29, 1.82) is 0 Å². The summed E-state index contributed by atoms with van der Waals surface area (Å²) in [6.45, 7) is 7.09. The highest BCUT2D eigenvalue weighted by Crippen LogP contribution is 2.32. The Labute approximate surface area is 136 Å². The number of hydrogen-bond donors (Lipinski definition) is 2. The summed E-state index contributed by atoms with van der Waals surface area (Å²) in [5.41, 5.74) is -0.794. The van der Waals surface area contributed by atoms with Gasteiger partial charge in [-0.3, -0.25) is 14.5 Å². The Bertz CT molecular complexity index is 622. The number of carbonyl (C=O) groups is 3. The maximum absolute atomic E-state index is 12.8. The molecule has 1 aliphatic rings. The molecule has 0 radical (unpaired) electrons. The van der Waals surface area contributed by atoms with E-state index in [4.69, 9.17) is 0 Å². The van der Waals surface area contributed by atoms with Gasteiger partial charge in [-0.1, -0.05) is 37.3 Å². The van der Waals surface area contributed by atoms with Gasteiger partial charge in [0, 0.05) is 5.54 Å². The topological polar surface area (TPSA) is 78.5 Å². The lowest BCUT2D eigenvalue weighted by atomic mass is 9.87. The van der Waals surface area contributed by atoms with Crippen LogP contribution in [0.1, 0.15) is 39.7 Å². The van der Waals surface area contributed by atoms with Crippen LogP contribution in [0, 0.1) is 0 Å². The van der Waals surface area contributed by atoms with Crippen molar-refractivity contribution in [2.24, 2.45) is 0 Å². The monoisotopic (exact) mass is 317 g/mol. The van der Waals surface area contributed by atoms with Crippen molar-refractivity contribution in [2.45, 2.75) is 45.2 Å². The standard InChI is InChI=1S/C17H23N3O3/c1-5-17(12-9-7-6-8-10-12)14(22)20(15(23)19-17)11-13(21)18-16(2,3)4/h6-10H,5,11H2,1-4H3,(H,18,21)(H,19,23). The van der Waals surface area contributed by atoms with E-state index in [0.29, 0.717) is 6.42 Å². The highest BCUT2D eigenvalue weighted by molar-refractivity contribution is 6.09. The average Bonchev–Trinajstić information content (AvgIpc) is 2.71. The van der Waals surface area contributed by atoms with Crippen LogP contribution in [0.2, 0.25) is 0 Å². The number of imide groups is 1. The summed E-state index contributed by atoms with van der Waals surface area (Å²) in [5, 5.41) is 5.52. The Morgan fingerprint density at radius 3 is 2.35 bits per heavy atom. The predicted octanol–water partition coefficient (Wildman–Crippen LogP) is 1.76. The zero-order valence-corrected chi connectivity index (χ0v) is 14.0. The molecule has 1 aromatic rings. The molecule has 1 unspecified atom stereocenters. The summed E-state index contributed by atoms with van der Waals surface area (Å²) in [7, 11) is 0. The maximum Gasteiger partial charge on any atom is 0.325 e. The van der Waals surface area contributed by atoms with Gasteiger partial charge in [-0.25, -0.2) is 4.79 Å². The molecule has 0 spiro atoms. The zero-order chi connectivity index (χ0) is 17.3. The molecule has 1 aliphatic heterocycles. The van der Waals surface area contributed by atoms with Crippen molar-refractivity contribution < 1.29 is 14.4 Å². The van der Waals surface area contributed by atoms with E-state index in [9.17, 15) is 14.4 Å². The van der Waals surface area contributed by atoms with Crippen molar-refractivity contribution in [3.05, 3.63) is 35.9 Å². The van der Waals surface area contributed by atoms with E-state index in [2.05, 4.69) is 10.6 Å². The summed E-state index contributed by atoms with van der Waals surface area (Å²) in [5.74, 6) is -0.749. The van der Waals surface area contributed by atoms with Crippen LogP contribution in [0.4, 0.5) is 4.79 Å². The summed E-state index contributed by atoms with van der Waals surface area (Å²) in [6.07, 6.45) is 0.416. The third-order valence-electron chi connectivity index (χ3n) is 3.79. The minimum absolute atomic E-state index is 0.281. The van der Waals surface area contributed by atoms with Crippen molar-refractivity contribution >= 4 is 17.8 Å². The smallest absolute Gasteiger partial charge is 0.325 e. The summed E-state index contributed by atoms with van der Waals surface area (Å²) in [4.78, 5) is 38.1. The number of amides is 4. The molecule has 0 aliphatic carbocycles. The van der Waals surface area contributed by atoms with Gasteiger partial charge >= 0.3 is 6.03 Å². The highest BCUT2D eigenvalue weighted by atomic mass is 16.2. The molecule has 0 aromatic heterocycles. The van der Waals surface area contributed by atoms with Gasteiger partial charge in [-0.2, -0.15) is 0 Å². The van der Waals surface area contributed by atoms with E-state index < -0.39 is 17.1 Å². The normalized spacial score (nSPS) is 21.3. The SMILES string of the molecule is CCC1(c2ccccc2)NC(=O)N(CC(=O)NC(C)(C)C)C1=O. The van der Waals surface area contributed by atoms with E-state index >= 15 is 0 Å². The fourth-order valence-corrected chi connectivity index (χ4v) is 2.73. The van der Waals surface area contributed by atoms with Gasteiger partial charge < -0.3 is 10.6 Å². The number of benzene rings is 1. The van der Waals surface area contributed by atoms with Gasteiger partial charge in [-0.05, 0) is 32.8 Å². The molecule has 1 fully saturated rings. The second-order valence-corrected chi connectivity index (χ2v) is 6.74. The fourth-order valence-electron chi connectivity index (χ4n) is 2.73. The second kappa shape index (κ2) is 6.02. The fraction of sp³-hybridized carbons (Fsp3) is 0.471. The first-order chi connectivity index (χ1) is 10.7. The van der Waals surface area contributed by atoms with Crippen molar-refractivity contribution in [2.75, 3.05) is 6.54 Å². The first-order valence-electron chi connectivity index (χ1n) is 7.70. The minimum atomic E-state index is -1.10. The van der Waals surface area contributed by atoms with E-state index in [1.54, 1.807) is 12.1 Å². The van der Waals surface area contributed by atoms with Crippen LogP contribution >= 0.6 is 0 Å². The van der Waals surface area contributed by atoms with Crippen molar-refractivity contribution in [1.82, 2.24) is 15.5 Å². The number of nitrogens with one attached hydrogen (secondary N) is 2. The molecule has 23 heavy (non-hydrogen) atoms. The molecule has 1 aromatic carbocycles. The van der Waals surface area contributed by atoms with Gasteiger partial charge in [0.15, 0.2) is 0 Å². The molecular formula is C17H23N3O3. The first-order valence-corrected chi connectivity index (χ1v) is 7.70. The predicted molar refractivity (Wildman–Crippen MR) is 86.6 cm³/mol. The van der Waals surface area contributed by atoms with Gasteiger partial charge in [0.2, 0.25) is 5.91 Å². The van der Waals surface area contributed by atoms with Crippen LogP contribution in [0.5, 0.6) is 0 Å². The van der Waals surface area contributed by atoms with Crippen LogP contribution < -0.4 is 10.6 Å². The molecule has 1 saturated heterocycles. The zero-order valence-electron chi connectivity index (χ0n) is 14.0. The molecule has 2 rings (SSSR count). The van der Waals surface area contributed by atoms with E-state index in [1.165, 1.54) is 0 Å². The lowest BCUT2D eigenvalue weighted by Gasteiger charge is -2.26. The second-order valence-electron chi connectivity index (χ2n) is 6.74. The largest absolute Gasteiger partial charge is 0.350 e. The number of nitrogens with zero attached hydrogens (tertiary/aromatic N) is 1. The summed E-state index contributed by atoms with van der Waals surface area (Å²) in [6, 6.07) is 8.57. The third-order valence-corrected chi connectivity index (χ3v) is 3.79. The Hall–Kier alpha value is -2.37. The lowest BCUT2D eigenvalue weighted by Crippen LogP contribution is -2.48. The van der Waals surface area contributed by atoms with Gasteiger partial charge in [0.1, 0.15) is 12.1 Å². The van der Waals surface area contributed by atoms with Crippen LogP contribution in [0.25, 0.3) is 0 Å². The number of urea groups is 1. The molecule has 0 saturated carbocycles. The molecule has 124 valence electrons. The van der Waals surface area contributed by atoms with Crippen LogP contribution in [-0.4, -0.2) is 34.8 Å². The van der Waals surface area contributed by atoms with E-state index in [1.807, 2.05) is 45.9 Å². The maximum atomic E-state index is 12.8. The third kappa shape index (κ3) is 3.36. The number of rotatable bonds is 4. The quantitative estimate of drug-likeness (QED) is 0.831.